The Balaban J connectivity index is 1.25. The molecule has 39 heavy (non-hydrogen) atoms. The van der Waals surface area contributed by atoms with Gasteiger partial charge < -0.3 is 20.4 Å². The number of H-pyrrole nitrogens is 1. The summed E-state index contributed by atoms with van der Waals surface area (Å²) >= 11 is 6.92. The monoisotopic (exact) mass is 589 g/mol. The molecule has 5 rings (SSSR count). The second-order valence-corrected chi connectivity index (χ2v) is 11.7. The van der Waals surface area contributed by atoms with Crippen LogP contribution in [0, 0.1) is 0 Å². The van der Waals surface area contributed by atoms with E-state index in [9.17, 15) is 18.6 Å². The molecule has 1 unspecified atom stereocenters. The Kier molecular flexibility index (Phi) is 8.38. The second kappa shape index (κ2) is 12.1. The molecule has 0 bridgehead atoms. The van der Waals surface area contributed by atoms with Crippen molar-refractivity contribution in [2.24, 2.45) is 0 Å². The maximum Gasteiger partial charge on any atom is 0.334 e. The number of amides is 2. The Bertz CT molecular complexity index is 1630. The number of rotatable bonds is 8. The van der Waals surface area contributed by atoms with Crippen molar-refractivity contribution in [1.29, 1.82) is 0 Å². The van der Waals surface area contributed by atoms with Gasteiger partial charge in [-0.05, 0) is 42.5 Å². The van der Waals surface area contributed by atoms with Crippen LogP contribution >= 0.6 is 22.9 Å². The second-order valence-electron chi connectivity index (χ2n) is 8.50. The minimum Gasteiger partial charge on any atom is -0.384 e. The van der Waals surface area contributed by atoms with E-state index < -0.39 is 28.3 Å². The van der Waals surface area contributed by atoms with Crippen molar-refractivity contribution in [3.63, 3.8) is 0 Å². The Morgan fingerprint density at radius 3 is 2.64 bits per heavy atom. The van der Waals surface area contributed by atoms with Gasteiger partial charge in [-0.1, -0.05) is 11.6 Å². The number of fused-ring (bicyclic) bond motifs is 1. The predicted octanol–water partition coefficient (Wildman–Crippen LogP) is 2.38. The molecule has 0 saturated carbocycles. The molecule has 0 spiro atoms. The number of ether oxygens (including phenoxy) is 1. The van der Waals surface area contributed by atoms with Crippen molar-refractivity contribution in [3.8, 4) is 5.82 Å². The summed E-state index contributed by atoms with van der Waals surface area (Å²) in [5.41, 5.74) is 0.306. The first-order valence-corrected chi connectivity index (χ1v) is 14.3. The van der Waals surface area contributed by atoms with Crippen LogP contribution in [0.2, 0.25) is 4.34 Å². The number of pyridine rings is 1. The summed E-state index contributed by atoms with van der Waals surface area (Å²) in [6.45, 7) is 4.85. The number of hydrogen-bond donors (Lipinski definition) is 4. The van der Waals surface area contributed by atoms with Crippen LogP contribution in [0.25, 0.3) is 16.7 Å². The summed E-state index contributed by atoms with van der Waals surface area (Å²) in [5.74, 6) is 0.0821. The molecule has 1 aliphatic heterocycles. The maximum atomic E-state index is 13.1. The van der Waals surface area contributed by atoms with Crippen LogP contribution in [0.1, 0.15) is 0 Å². The molecule has 1 atom stereocenters. The van der Waals surface area contributed by atoms with Gasteiger partial charge in [0.2, 0.25) is 0 Å². The summed E-state index contributed by atoms with van der Waals surface area (Å²) in [6, 6.07) is 10.5. The van der Waals surface area contributed by atoms with Gasteiger partial charge in [0.1, 0.15) is 10.0 Å². The molecule has 4 heterocycles. The Labute approximate surface area is 233 Å². The van der Waals surface area contributed by atoms with Crippen molar-refractivity contribution in [2.75, 3.05) is 50.0 Å². The Morgan fingerprint density at radius 2 is 1.92 bits per heavy atom. The summed E-state index contributed by atoms with van der Waals surface area (Å²) in [5, 5.41) is 6.16. The van der Waals surface area contributed by atoms with Crippen LogP contribution in [-0.2, 0) is 15.7 Å². The molecule has 0 aliphatic carbocycles. The number of carbonyl (C=O) groups is 1. The summed E-state index contributed by atoms with van der Waals surface area (Å²) in [7, 11) is -1.78. The molecule has 1 aromatic carbocycles. The molecule has 4 N–H and O–H groups in total. The van der Waals surface area contributed by atoms with E-state index in [1.54, 1.807) is 30.3 Å². The first-order chi connectivity index (χ1) is 18.9. The lowest BCUT2D eigenvalue weighted by Gasteiger charge is -2.26. The molecular formula is C24H24ClN7O5S2. The number of thiophene rings is 1. The molecule has 0 radical (unpaired) electrons. The van der Waals surface area contributed by atoms with Crippen molar-refractivity contribution in [2.45, 2.75) is 4.21 Å². The fourth-order valence-electron chi connectivity index (χ4n) is 4.00. The zero-order valence-corrected chi connectivity index (χ0v) is 22.8. The lowest BCUT2D eigenvalue weighted by atomic mass is 10.2. The zero-order chi connectivity index (χ0) is 27.4. The van der Waals surface area contributed by atoms with Crippen LogP contribution in [0.15, 0.2) is 62.5 Å². The average molecular weight is 590 g/mol. The number of anilines is 2. The number of morpholine rings is 1. The van der Waals surface area contributed by atoms with Gasteiger partial charge in [0.05, 0.1) is 40.3 Å². The minimum atomic E-state index is -1.78. The van der Waals surface area contributed by atoms with Crippen LogP contribution in [0.3, 0.4) is 0 Å². The topological polar surface area (TPSA) is 150 Å². The van der Waals surface area contributed by atoms with E-state index in [0.29, 0.717) is 26.0 Å². The lowest BCUT2D eigenvalue weighted by Crippen LogP contribution is -2.39. The van der Waals surface area contributed by atoms with E-state index in [2.05, 4.69) is 30.2 Å². The summed E-state index contributed by atoms with van der Waals surface area (Å²) in [6.07, 6.45) is 1.29. The summed E-state index contributed by atoms with van der Waals surface area (Å²) in [4.78, 5) is 47.4. The third-order valence-corrected chi connectivity index (χ3v) is 8.51. The van der Waals surface area contributed by atoms with Crippen LogP contribution in [0.5, 0.6) is 0 Å². The average Bonchev–Trinajstić information content (AvgIpc) is 3.36. The number of nitrogens with zero attached hydrogens (tertiary/aromatic N) is 3. The van der Waals surface area contributed by atoms with Gasteiger partial charge in [-0.15, -0.1) is 11.3 Å². The van der Waals surface area contributed by atoms with Crippen molar-refractivity contribution >= 4 is 62.2 Å². The minimum absolute atomic E-state index is 0.0821. The highest BCUT2D eigenvalue weighted by atomic mass is 35.5. The number of aromatic amines is 1. The zero-order valence-electron chi connectivity index (χ0n) is 20.4. The van der Waals surface area contributed by atoms with Crippen molar-refractivity contribution in [3.05, 3.63) is 73.8 Å². The van der Waals surface area contributed by atoms with E-state index in [1.807, 2.05) is 0 Å². The van der Waals surface area contributed by atoms with E-state index in [-0.39, 0.29) is 11.5 Å². The molecular weight excluding hydrogens is 566 g/mol. The molecule has 3 aromatic heterocycles. The molecule has 15 heteroatoms. The number of halogens is 1. The number of carbonyl (C=O) groups excluding carboxylic acids is 1. The first-order valence-electron chi connectivity index (χ1n) is 11.9. The maximum absolute atomic E-state index is 13.1. The number of aromatic nitrogens is 3. The lowest BCUT2D eigenvalue weighted by molar-refractivity contribution is 0.0398. The van der Waals surface area contributed by atoms with E-state index >= 15 is 0 Å². The van der Waals surface area contributed by atoms with Gasteiger partial charge in [0.15, 0.2) is 11.0 Å². The standard InChI is InChI=1S/C24H24ClN7O5S2/c25-19-4-6-21(38-19)39(36)30-23(34)28-16-2-5-20(27-14-16)32-22(33)17-3-1-15(13-18(17)29-24(32)35)26-7-8-31-9-11-37-12-10-31/h1-6,13-14,26H,7-12H2,(H,29,35)(H2,28,30,34). The van der Waals surface area contributed by atoms with E-state index in [0.717, 1.165) is 54.4 Å². The largest absolute Gasteiger partial charge is 0.384 e. The third-order valence-electron chi connectivity index (χ3n) is 5.91. The molecule has 204 valence electrons. The number of nitrogens with one attached hydrogen (secondary N) is 4. The van der Waals surface area contributed by atoms with Crippen LogP contribution < -0.4 is 26.6 Å². The van der Waals surface area contributed by atoms with Gasteiger partial charge in [-0.3, -0.25) is 14.4 Å². The number of urea groups is 1. The SMILES string of the molecule is O=C(Nc1ccc(-n2c(=O)[nH]c3cc(NCCN4CCOCC4)ccc3c2=O)nc1)NS(=O)c1ccc(Cl)s1. The molecule has 4 aromatic rings. The quantitative estimate of drug-likeness (QED) is 0.245. The fraction of sp³-hybridized carbons (Fsp3) is 0.250. The molecule has 1 fully saturated rings. The fourth-order valence-corrected chi connectivity index (χ4v) is 6.12. The molecule has 1 aliphatic rings. The highest BCUT2D eigenvalue weighted by Gasteiger charge is 2.14. The van der Waals surface area contributed by atoms with Crippen LogP contribution in [0.4, 0.5) is 16.2 Å². The number of hydrogen-bond acceptors (Lipinski definition) is 9. The van der Waals surface area contributed by atoms with Crippen molar-refractivity contribution < 1.29 is 13.7 Å². The highest BCUT2D eigenvalue weighted by Crippen LogP contribution is 2.23. The van der Waals surface area contributed by atoms with Crippen LogP contribution in [-0.4, -0.2) is 69.1 Å². The molecule has 2 amide bonds. The predicted molar refractivity (Wildman–Crippen MR) is 152 cm³/mol. The van der Waals surface area contributed by atoms with Gasteiger partial charge in [0.25, 0.3) is 5.56 Å². The summed E-state index contributed by atoms with van der Waals surface area (Å²) < 4.78 is 21.6. The molecule has 12 nitrogen and oxygen atoms in total. The van der Waals surface area contributed by atoms with E-state index in [1.165, 1.54) is 18.3 Å². The Morgan fingerprint density at radius 1 is 1.13 bits per heavy atom. The van der Waals surface area contributed by atoms with Crippen molar-refractivity contribution in [1.82, 2.24) is 24.2 Å². The van der Waals surface area contributed by atoms with Gasteiger partial charge in [-0.25, -0.2) is 23.3 Å². The van der Waals surface area contributed by atoms with Gasteiger partial charge >= 0.3 is 11.7 Å². The Hall–Kier alpha value is -3.56. The number of benzene rings is 1. The smallest absolute Gasteiger partial charge is 0.334 e. The van der Waals surface area contributed by atoms with Gasteiger partial charge in [-0.2, -0.15) is 0 Å². The highest BCUT2D eigenvalue weighted by molar-refractivity contribution is 7.86. The normalized spacial score (nSPS) is 14.7. The third kappa shape index (κ3) is 6.54. The van der Waals surface area contributed by atoms with E-state index in [4.69, 9.17) is 16.3 Å². The molecule has 1 saturated heterocycles. The first kappa shape index (κ1) is 27.0. The van der Waals surface area contributed by atoms with Gasteiger partial charge in [0, 0.05) is 31.9 Å².